The number of allylic oxidation sites excluding steroid dienone is 2. The quantitative estimate of drug-likeness (QED) is 0.350. The van der Waals surface area contributed by atoms with E-state index < -0.39 is 0 Å². The highest BCUT2D eigenvalue weighted by atomic mass is 19.1. The van der Waals surface area contributed by atoms with E-state index in [9.17, 15) is 9.18 Å². The van der Waals surface area contributed by atoms with Crippen LogP contribution in [0.4, 0.5) is 4.39 Å². The minimum Gasteiger partial charge on any atom is -0.426 e. The first-order valence-electron chi connectivity index (χ1n) is 10.2. The molecule has 1 aromatic rings. The third-order valence-electron chi connectivity index (χ3n) is 6.40. The SMILES string of the molecule is C/C=C/CC1CCC(C2CCC(C(=O)Oc3ccc(F)cc3)CC2)CC1. The normalized spacial score (nSPS) is 29.6. The van der Waals surface area contributed by atoms with Crippen molar-refractivity contribution < 1.29 is 13.9 Å². The van der Waals surface area contributed by atoms with Gasteiger partial charge in [-0.25, -0.2) is 4.39 Å². The first-order chi connectivity index (χ1) is 12.7. The number of benzene rings is 1. The van der Waals surface area contributed by atoms with Gasteiger partial charge in [-0.15, -0.1) is 0 Å². The lowest BCUT2D eigenvalue weighted by Gasteiger charge is -2.37. The van der Waals surface area contributed by atoms with Crippen molar-refractivity contribution in [2.75, 3.05) is 0 Å². The predicted molar refractivity (Wildman–Crippen MR) is 102 cm³/mol. The summed E-state index contributed by atoms with van der Waals surface area (Å²) < 4.78 is 18.4. The second-order valence-electron chi connectivity index (χ2n) is 8.07. The zero-order chi connectivity index (χ0) is 18.4. The summed E-state index contributed by atoms with van der Waals surface area (Å²) >= 11 is 0. The fourth-order valence-corrected chi connectivity index (χ4v) is 4.75. The molecule has 2 aliphatic carbocycles. The Labute approximate surface area is 156 Å². The molecule has 2 aliphatic rings. The van der Waals surface area contributed by atoms with Gasteiger partial charge >= 0.3 is 5.97 Å². The molecule has 0 spiro atoms. The molecule has 3 rings (SSSR count). The first-order valence-corrected chi connectivity index (χ1v) is 10.2. The van der Waals surface area contributed by atoms with E-state index in [0.29, 0.717) is 5.75 Å². The molecule has 0 N–H and O–H groups in total. The van der Waals surface area contributed by atoms with Gasteiger partial charge in [0.25, 0.3) is 0 Å². The van der Waals surface area contributed by atoms with Crippen LogP contribution in [0.3, 0.4) is 0 Å². The molecule has 26 heavy (non-hydrogen) atoms. The molecule has 0 heterocycles. The predicted octanol–water partition coefficient (Wildman–Crippen LogP) is 6.31. The number of hydrogen-bond donors (Lipinski definition) is 0. The summed E-state index contributed by atoms with van der Waals surface area (Å²) in [5.74, 6) is 2.50. The Bertz CT molecular complexity index is 591. The van der Waals surface area contributed by atoms with Gasteiger partial charge in [-0.1, -0.05) is 12.2 Å². The number of esters is 1. The molecule has 2 nitrogen and oxygen atoms in total. The number of hydrogen-bond acceptors (Lipinski definition) is 2. The van der Waals surface area contributed by atoms with Crippen LogP contribution in [0.15, 0.2) is 36.4 Å². The zero-order valence-electron chi connectivity index (χ0n) is 15.8. The van der Waals surface area contributed by atoms with E-state index in [4.69, 9.17) is 4.74 Å². The van der Waals surface area contributed by atoms with Crippen LogP contribution < -0.4 is 4.74 Å². The monoisotopic (exact) mass is 358 g/mol. The molecule has 0 radical (unpaired) electrons. The molecule has 142 valence electrons. The molecule has 3 heteroatoms. The Kier molecular flexibility index (Phi) is 6.87. The average molecular weight is 358 g/mol. The van der Waals surface area contributed by atoms with Gasteiger partial charge in [-0.2, -0.15) is 0 Å². The molecule has 0 atom stereocenters. The molecule has 2 fully saturated rings. The van der Waals surface area contributed by atoms with Gasteiger partial charge in [0.05, 0.1) is 5.92 Å². The maximum Gasteiger partial charge on any atom is 0.314 e. The van der Waals surface area contributed by atoms with E-state index in [2.05, 4.69) is 19.1 Å². The molecule has 0 unspecified atom stereocenters. The zero-order valence-corrected chi connectivity index (χ0v) is 15.8. The molecular formula is C23H31FO2. The third kappa shape index (κ3) is 5.18. The lowest BCUT2D eigenvalue weighted by atomic mass is 9.69. The summed E-state index contributed by atoms with van der Waals surface area (Å²) in [6.45, 7) is 2.10. The fraction of sp³-hybridized carbons (Fsp3) is 0.609. The highest BCUT2D eigenvalue weighted by molar-refractivity contribution is 5.75. The fourth-order valence-electron chi connectivity index (χ4n) is 4.75. The summed E-state index contributed by atoms with van der Waals surface area (Å²) in [4.78, 5) is 12.4. The van der Waals surface area contributed by atoms with Crippen molar-refractivity contribution in [3.63, 3.8) is 0 Å². The van der Waals surface area contributed by atoms with Crippen LogP contribution in [0.25, 0.3) is 0 Å². The molecule has 0 bridgehead atoms. The van der Waals surface area contributed by atoms with E-state index in [1.807, 2.05) is 0 Å². The van der Waals surface area contributed by atoms with Gasteiger partial charge in [0.1, 0.15) is 11.6 Å². The summed E-state index contributed by atoms with van der Waals surface area (Å²) in [6.07, 6.45) is 15.3. The van der Waals surface area contributed by atoms with Crippen molar-refractivity contribution in [1.29, 1.82) is 0 Å². The van der Waals surface area contributed by atoms with Gasteiger partial charge in [0.15, 0.2) is 0 Å². The van der Waals surface area contributed by atoms with Crippen LogP contribution >= 0.6 is 0 Å². The second kappa shape index (κ2) is 9.34. The average Bonchev–Trinajstić information content (AvgIpc) is 2.68. The summed E-state index contributed by atoms with van der Waals surface area (Å²) in [7, 11) is 0. The molecule has 0 aliphatic heterocycles. The van der Waals surface area contributed by atoms with E-state index in [1.165, 1.54) is 56.4 Å². The van der Waals surface area contributed by atoms with Gasteiger partial charge in [-0.3, -0.25) is 4.79 Å². The van der Waals surface area contributed by atoms with Crippen molar-refractivity contribution in [1.82, 2.24) is 0 Å². The number of carbonyl (C=O) groups is 1. The number of ether oxygens (including phenoxy) is 1. The number of carbonyl (C=O) groups excluding carboxylic acids is 1. The maximum atomic E-state index is 12.9. The van der Waals surface area contributed by atoms with Crippen molar-refractivity contribution in [2.24, 2.45) is 23.7 Å². The van der Waals surface area contributed by atoms with E-state index in [0.717, 1.165) is 43.4 Å². The highest BCUT2D eigenvalue weighted by Gasteiger charge is 2.33. The molecular weight excluding hydrogens is 327 g/mol. The first kappa shape index (κ1) is 19.1. The van der Waals surface area contributed by atoms with Gasteiger partial charge in [0, 0.05) is 0 Å². The van der Waals surface area contributed by atoms with Crippen molar-refractivity contribution in [3.8, 4) is 5.75 Å². The lowest BCUT2D eigenvalue weighted by molar-refractivity contribution is -0.140. The van der Waals surface area contributed by atoms with E-state index >= 15 is 0 Å². The summed E-state index contributed by atoms with van der Waals surface area (Å²) in [5, 5.41) is 0. The van der Waals surface area contributed by atoms with Crippen LogP contribution in [-0.4, -0.2) is 5.97 Å². The van der Waals surface area contributed by atoms with Crippen LogP contribution in [0.1, 0.15) is 64.7 Å². The van der Waals surface area contributed by atoms with Gasteiger partial charge < -0.3 is 4.74 Å². The molecule has 0 amide bonds. The van der Waals surface area contributed by atoms with Crippen molar-refractivity contribution >= 4 is 5.97 Å². The Morgan fingerprint density at radius 2 is 1.58 bits per heavy atom. The Morgan fingerprint density at radius 1 is 1.00 bits per heavy atom. The van der Waals surface area contributed by atoms with Crippen LogP contribution in [0.2, 0.25) is 0 Å². The highest BCUT2D eigenvalue weighted by Crippen LogP contribution is 2.42. The molecule has 2 saturated carbocycles. The second-order valence-corrected chi connectivity index (χ2v) is 8.07. The topological polar surface area (TPSA) is 26.3 Å². The van der Waals surface area contributed by atoms with Crippen molar-refractivity contribution in [3.05, 3.63) is 42.2 Å². The minimum absolute atomic E-state index is 0.00216. The largest absolute Gasteiger partial charge is 0.426 e. The molecule has 1 aromatic carbocycles. The van der Waals surface area contributed by atoms with Gasteiger partial charge in [0.2, 0.25) is 0 Å². The molecule has 0 aromatic heterocycles. The maximum absolute atomic E-state index is 12.9. The standard InChI is InChI=1S/C23H31FO2/c1-2-3-4-17-5-7-18(8-6-17)19-9-11-20(12-10-19)23(25)26-22-15-13-21(24)14-16-22/h2-3,13-20H,4-12H2,1H3/b3-2+. The van der Waals surface area contributed by atoms with Gasteiger partial charge in [-0.05, 0) is 107 Å². The number of halogens is 1. The third-order valence-corrected chi connectivity index (χ3v) is 6.40. The molecule has 0 saturated heterocycles. The lowest BCUT2D eigenvalue weighted by Crippen LogP contribution is -2.30. The Hall–Kier alpha value is -1.64. The minimum atomic E-state index is -0.314. The smallest absolute Gasteiger partial charge is 0.314 e. The van der Waals surface area contributed by atoms with E-state index in [-0.39, 0.29) is 17.7 Å². The number of rotatable bonds is 5. The Balaban J connectivity index is 1.41. The summed E-state index contributed by atoms with van der Waals surface area (Å²) in [5.41, 5.74) is 0. The van der Waals surface area contributed by atoms with Crippen molar-refractivity contribution in [2.45, 2.75) is 64.7 Å². The van der Waals surface area contributed by atoms with Crippen LogP contribution in [0, 0.1) is 29.5 Å². The summed E-state index contributed by atoms with van der Waals surface area (Å²) in [6, 6.07) is 5.69. The van der Waals surface area contributed by atoms with Crippen LogP contribution in [-0.2, 0) is 4.79 Å². The van der Waals surface area contributed by atoms with Crippen LogP contribution in [0.5, 0.6) is 5.75 Å². The van der Waals surface area contributed by atoms with E-state index in [1.54, 1.807) is 0 Å². The Morgan fingerprint density at radius 3 is 2.15 bits per heavy atom.